The van der Waals surface area contributed by atoms with Crippen molar-refractivity contribution < 1.29 is 4.74 Å². The molecule has 6 nitrogen and oxygen atoms in total. The van der Waals surface area contributed by atoms with Crippen LogP contribution in [0.1, 0.15) is 36.3 Å². The molecule has 4 aromatic rings. The predicted octanol–water partition coefficient (Wildman–Crippen LogP) is 4.01. The van der Waals surface area contributed by atoms with E-state index in [0.29, 0.717) is 34.6 Å². The first kappa shape index (κ1) is 20.7. The van der Waals surface area contributed by atoms with Crippen molar-refractivity contribution in [1.29, 1.82) is 0 Å². The van der Waals surface area contributed by atoms with Crippen molar-refractivity contribution in [2.75, 3.05) is 13.7 Å². The summed E-state index contributed by atoms with van der Waals surface area (Å²) in [6, 6.07) is 14.6. The molecule has 2 aliphatic rings. The van der Waals surface area contributed by atoms with E-state index in [2.05, 4.69) is 28.5 Å². The van der Waals surface area contributed by atoms with Crippen LogP contribution in [-0.4, -0.2) is 29.2 Å². The van der Waals surface area contributed by atoms with Crippen molar-refractivity contribution in [1.82, 2.24) is 14.9 Å². The largest absolute Gasteiger partial charge is 0.496 e. The van der Waals surface area contributed by atoms with Crippen LogP contribution in [0.15, 0.2) is 52.1 Å². The zero-order chi connectivity index (χ0) is 22.5. The van der Waals surface area contributed by atoms with Crippen molar-refractivity contribution in [3.8, 4) is 5.75 Å². The molecule has 1 saturated heterocycles. The van der Waals surface area contributed by atoms with Crippen LogP contribution in [0.3, 0.4) is 0 Å². The molecule has 7 heteroatoms. The molecule has 2 aromatic heterocycles. The summed E-state index contributed by atoms with van der Waals surface area (Å²) in [4.78, 5) is 28.9. The van der Waals surface area contributed by atoms with E-state index in [1.807, 2.05) is 24.3 Å². The number of methoxy groups -OCH3 is 1. The number of ether oxygens (including phenoxy) is 1. The van der Waals surface area contributed by atoms with Gasteiger partial charge in [0.25, 0.3) is 5.56 Å². The number of nitrogens with one attached hydrogen (secondary N) is 2. The Morgan fingerprint density at radius 1 is 1.15 bits per heavy atom. The highest BCUT2D eigenvalue weighted by atomic mass is 32.1. The molecule has 1 unspecified atom stereocenters. The monoisotopic (exact) mass is 461 g/mol. The van der Waals surface area contributed by atoms with Gasteiger partial charge in [0.15, 0.2) is 0 Å². The van der Waals surface area contributed by atoms with Crippen LogP contribution in [0.5, 0.6) is 5.75 Å². The van der Waals surface area contributed by atoms with Crippen LogP contribution in [0.25, 0.3) is 20.3 Å². The van der Waals surface area contributed by atoms with E-state index in [1.165, 1.54) is 33.5 Å². The number of rotatable bonds is 5. The molecule has 2 aromatic carbocycles. The first-order chi connectivity index (χ1) is 16.2. The normalized spacial score (nSPS) is 21.9. The zero-order valence-corrected chi connectivity index (χ0v) is 19.4. The Hall–Kier alpha value is -2.90. The Morgan fingerprint density at radius 2 is 2.03 bits per heavy atom. The molecular weight excluding hydrogens is 434 g/mol. The minimum atomic E-state index is -0.318. The minimum Gasteiger partial charge on any atom is -0.496 e. The smallest absolute Gasteiger partial charge is 0.328 e. The van der Waals surface area contributed by atoms with E-state index in [1.54, 1.807) is 7.11 Å². The van der Waals surface area contributed by atoms with Crippen LogP contribution in [0, 0.1) is 5.92 Å². The Morgan fingerprint density at radius 3 is 2.91 bits per heavy atom. The molecule has 0 saturated carbocycles. The van der Waals surface area contributed by atoms with Crippen molar-refractivity contribution >= 4 is 31.6 Å². The van der Waals surface area contributed by atoms with Crippen LogP contribution >= 0.6 is 11.3 Å². The van der Waals surface area contributed by atoms with Gasteiger partial charge in [-0.2, -0.15) is 0 Å². The van der Waals surface area contributed by atoms with Gasteiger partial charge in [0.2, 0.25) is 0 Å². The first-order valence-corrected chi connectivity index (χ1v) is 12.5. The van der Waals surface area contributed by atoms with E-state index in [0.717, 1.165) is 41.6 Å². The predicted molar refractivity (Wildman–Crippen MR) is 133 cm³/mol. The second kappa shape index (κ2) is 8.15. The van der Waals surface area contributed by atoms with Gasteiger partial charge in [-0.15, -0.1) is 11.3 Å². The van der Waals surface area contributed by atoms with Gasteiger partial charge in [-0.25, -0.2) is 4.79 Å². The molecule has 1 aliphatic heterocycles. The molecule has 0 bridgehead atoms. The van der Waals surface area contributed by atoms with E-state index >= 15 is 0 Å². The maximum Gasteiger partial charge on any atom is 0.328 e. The number of hydrogen-bond donors (Lipinski definition) is 2. The number of benzene rings is 2. The summed E-state index contributed by atoms with van der Waals surface area (Å²) in [7, 11) is 1.74. The highest BCUT2D eigenvalue weighted by Crippen LogP contribution is 2.45. The zero-order valence-electron chi connectivity index (χ0n) is 18.6. The third-order valence-corrected chi connectivity index (χ3v) is 8.66. The molecular formula is C26H27N3O3S. The summed E-state index contributed by atoms with van der Waals surface area (Å²) in [5, 5.41) is 4.66. The number of hydrogen-bond acceptors (Lipinski definition) is 5. The van der Waals surface area contributed by atoms with Gasteiger partial charge in [0.05, 0.1) is 12.6 Å². The first-order valence-electron chi connectivity index (χ1n) is 11.7. The Labute approximate surface area is 195 Å². The maximum absolute atomic E-state index is 13.1. The summed E-state index contributed by atoms with van der Waals surface area (Å²) < 4.78 is 8.65. The molecule has 0 radical (unpaired) electrons. The summed E-state index contributed by atoms with van der Waals surface area (Å²) in [6.07, 6.45) is 3.94. The van der Waals surface area contributed by atoms with Crippen molar-refractivity contribution in [2.45, 2.75) is 44.2 Å². The highest BCUT2D eigenvalue weighted by molar-refractivity contribution is 7.25. The Kier molecular flexibility index (Phi) is 5.11. The van der Waals surface area contributed by atoms with E-state index in [9.17, 15) is 9.59 Å². The van der Waals surface area contributed by atoms with Gasteiger partial charge in [0, 0.05) is 28.6 Å². The summed E-state index contributed by atoms with van der Waals surface area (Å²) in [5.41, 5.74) is 2.91. The molecule has 2 N–H and O–H groups in total. The van der Waals surface area contributed by atoms with Crippen LogP contribution in [0.2, 0.25) is 0 Å². The molecule has 0 spiro atoms. The fourth-order valence-corrected chi connectivity index (χ4v) is 7.09. The maximum atomic E-state index is 13.1. The fraction of sp³-hybridized carbons (Fsp3) is 0.385. The van der Waals surface area contributed by atoms with Gasteiger partial charge in [-0.1, -0.05) is 30.3 Å². The summed E-state index contributed by atoms with van der Waals surface area (Å²) >= 11 is 1.45. The molecule has 0 amide bonds. The number of nitrogens with zero attached hydrogens (tertiary/aromatic N) is 1. The van der Waals surface area contributed by atoms with E-state index < -0.39 is 0 Å². The molecule has 1 aliphatic carbocycles. The highest BCUT2D eigenvalue weighted by Gasteiger charge is 2.40. The van der Waals surface area contributed by atoms with Crippen LogP contribution in [-0.2, 0) is 13.0 Å². The molecule has 6 rings (SSSR count). The molecule has 1 fully saturated rings. The lowest BCUT2D eigenvalue weighted by molar-refractivity contribution is 0.372. The van der Waals surface area contributed by atoms with Gasteiger partial charge >= 0.3 is 5.69 Å². The lowest BCUT2D eigenvalue weighted by Crippen LogP contribution is -2.35. The second-order valence-electron chi connectivity index (χ2n) is 9.20. The van der Waals surface area contributed by atoms with Crippen molar-refractivity contribution in [3.05, 3.63) is 74.4 Å². The minimum absolute atomic E-state index is 0.181. The average molecular weight is 462 g/mol. The van der Waals surface area contributed by atoms with E-state index in [4.69, 9.17) is 4.74 Å². The lowest BCUT2D eigenvalue weighted by Gasteiger charge is -2.32. The quantitative estimate of drug-likeness (QED) is 0.471. The second-order valence-corrected chi connectivity index (χ2v) is 10.3. The molecule has 33 heavy (non-hydrogen) atoms. The molecule has 170 valence electrons. The van der Waals surface area contributed by atoms with E-state index in [-0.39, 0.29) is 11.2 Å². The third kappa shape index (κ3) is 3.33. The fourth-order valence-electron chi connectivity index (χ4n) is 5.98. The number of fused-ring (bicyclic) bond motifs is 6. The number of aromatic nitrogens is 2. The standard InChI is InChI=1S/C26H27N3O3S/c1-32-20-9-4-7-17-16(20)12-11-15-14-27-19(22(15)17)8-5-13-29-25(30)24-23(28-26(29)31)18-6-2-3-10-21(18)33-24/h2-4,6-7,9-10,15,19,22,27H,5,8,11-14H2,1H3,(H,28,31)/t15-,19?,22+/m0/s1. The van der Waals surface area contributed by atoms with Gasteiger partial charge in [-0.05, 0) is 61.4 Å². The van der Waals surface area contributed by atoms with Gasteiger partial charge in [0.1, 0.15) is 10.4 Å². The van der Waals surface area contributed by atoms with Gasteiger partial charge < -0.3 is 15.0 Å². The lowest BCUT2D eigenvalue weighted by atomic mass is 9.73. The Balaban J connectivity index is 1.24. The topological polar surface area (TPSA) is 76.1 Å². The number of thiophene rings is 1. The van der Waals surface area contributed by atoms with Gasteiger partial charge in [-0.3, -0.25) is 9.36 Å². The summed E-state index contributed by atoms with van der Waals surface area (Å²) in [5.74, 6) is 2.09. The number of aromatic amines is 1. The molecule has 3 atom stereocenters. The number of H-pyrrole nitrogens is 1. The van der Waals surface area contributed by atoms with Crippen LogP contribution in [0.4, 0.5) is 0 Å². The SMILES string of the molecule is COc1cccc2c1CC[C@H]1CNC(CCCn3c(=O)[nH]c4c(sc5ccccc54)c3=O)[C@@H]21. The van der Waals surface area contributed by atoms with Crippen molar-refractivity contribution in [2.24, 2.45) is 5.92 Å². The third-order valence-electron chi connectivity index (χ3n) is 7.51. The van der Waals surface area contributed by atoms with Crippen LogP contribution < -0.4 is 21.3 Å². The summed E-state index contributed by atoms with van der Waals surface area (Å²) in [6.45, 7) is 1.46. The van der Waals surface area contributed by atoms with Crippen molar-refractivity contribution in [3.63, 3.8) is 0 Å². The average Bonchev–Trinajstić information content (AvgIpc) is 3.42. The Bertz CT molecular complexity index is 1470. The molecule has 3 heterocycles.